The van der Waals surface area contributed by atoms with Crippen LogP contribution in [0.15, 0.2) is 42.5 Å². The number of fused-ring (bicyclic) bond motifs is 1. The summed E-state index contributed by atoms with van der Waals surface area (Å²) < 4.78 is 10.5. The fraction of sp³-hybridized carbons (Fsp3) is 0.188. The van der Waals surface area contributed by atoms with Gasteiger partial charge in [-0.05, 0) is 42.0 Å². The number of methoxy groups -OCH3 is 1. The van der Waals surface area contributed by atoms with Crippen LogP contribution in [-0.4, -0.2) is 19.6 Å². The summed E-state index contributed by atoms with van der Waals surface area (Å²) in [5, 5.41) is 6.13. The number of anilines is 2. The molecule has 1 aliphatic rings. The average molecular weight is 284 g/mol. The number of nitrogens with one attached hydrogen (secondary N) is 2. The van der Waals surface area contributed by atoms with Crippen molar-refractivity contribution in [2.75, 3.05) is 24.4 Å². The second kappa shape index (κ2) is 5.75. The molecule has 2 aromatic rings. The molecule has 0 bridgehead atoms. The fourth-order valence-corrected chi connectivity index (χ4v) is 2.15. The van der Waals surface area contributed by atoms with Gasteiger partial charge in [-0.25, -0.2) is 0 Å². The van der Waals surface area contributed by atoms with Crippen LogP contribution in [-0.2, 0) is 11.3 Å². The zero-order valence-corrected chi connectivity index (χ0v) is 11.7. The van der Waals surface area contributed by atoms with E-state index < -0.39 is 0 Å². The number of hydrogen-bond acceptors (Lipinski definition) is 4. The highest BCUT2D eigenvalue weighted by molar-refractivity contribution is 5.95. The minimum absolute atomic E-state index is 0.0798. The van der Waals surface area contributed by atoms with Crippen molar-refractivity contribution in [3.63, 3.8) is 0 Å². The van der Waals surface area contributed by atoms with E-state index in [9.17, 15) is 4.79 Å². The van der Waals surface area contributed by atoms with Crippen molar-refractivity contribution in [3.05, 3.63) is 48.0 Å². The number of amides is 1. The highest BCUT2D eigenvalue weighted by Gasteiger charge is 2.15. The smallest absolute Gasteiger partial charge is 0.262 e. The summed E-state index contributed by atoms with van der Waals surface area (Å²) in [4.78, 5) is 11.3. The topological polar surface area (TPSA) is 59.6 Å². The molecule has 0 radical (unpaired) electrons. The van der Waals surface area contributed by atoms with Crippen LogP contribution in [0.5, 0.6) is 11.5 Å². The molecule has 0 fully saturated rings. The standard InChI is InChI=1S/C16H16N2O3/c1-20-13-5-3-12(4-6-13)17-9-11-2-7-15-14(8-11)18-16(19)10-21-15/h2-8,17H,9-10H2,1H3,(H,18,19). The number of ether oxygens (including phenoxy) is 2. The molecule has 0 aliphatic carbocycles. The molecule has 2 aromatic carbocycles. The molecule has 0 atom stereocenters. The SMILES string of the molecule is COc1ccc(NCc2ccc3c(c2)NC(=O)CO3)cc1. The molecule has 0 aromatic heterocycles. The lowest BCUT2D eigenvalue weighted by Crippen LogP contribution is -2.25. The van der Waals surface area contributed by atoms with Gasteiger partial charge in [0.15, 0.2) is 6.61 Å². The van der Waals surface area contributed by atoms with Gasteiger partial charge in [0.25, 0.3) is 5.91 Å². The highest BCUT2D eigenvalue weighted by Crippen LogP contribution is 2.28. The van der Waals surface area contributed by atoms with Gasteiger partial charge in [-0.1, -0.05) is 6.07 Å². The summed E-state index contributed by atoms with van der Waals surface area (Å²) in [6.45, 7) is 0.742. The van der Waals surface area contributed by atoms with Crippen LogP contribution >= 0.6 is 0 Å². The maximum atomic E-state index is 11.3. The monoisotopic (exact) mass is 284 g/mol. The van der Waals surface area contributed by atoms with Crippen LogP contribution in [0.3, 0.4) is 0 Å². The Hall–Kier alpha value is -2.69. The number of carbonyl (C=O) groups is 1. The van der Waals surface area contributed by atoms with E-state index in [-0.39, 0.29) is 12.5 Å². The van der Waals surface area contributed by atoms with Gasteiger partial charge in [0, 0.05) is 12.2 Å². The summed E-state index contributed by atoms with van der Waals surface area (Å²) in [6, 6.07) is 13.5. The van der Waals surface area contributed by atoms with Gasteiger partial charge >= 0.3 is 0 Å². The summed E-state index contributed by atoms with van der Waals surface area (Å²) in [6.07, 6.45) is 0. The van der Waals surface area contributed by atoms with Crippen LogP contribution in [0.4, 0.5) is 11.4 Å². The summed E-state index contributed by atoms with van der Waals surface area (Å²) >= 11 is 0. The van der Waals surface area contributed by atoms with Crippen molar-refractivity contribution in [3.8, 4) is 11.5 Å². The quantitative estimate of drug-likeness (QED) is 0.906. The Balaban J connectivity index is 1.67. The fourth-order valence-electron chi connectivity index (χ4n) is 2.15. The number of carbonyl (C=O) groups excluding carboxylic acids is 1. The maximum absolute atomic E-state index is 11.3. The molecule has 2 N–H and O–H groups in total. The first-order valence-corrected chi connectivity index (χ1v) is 6.68. The Bertz CT molecular complexity index is 653. The van der Waals surface area contributed by atoms with E-state index in [1.165, 1.54) is 0 Å². The van der Waals surface area contributed by atoms with Crippen molar-refractivity contribution < 1.29 is 14.3 Å². The first kappa shape index (κ1) is 13.3. The zero-order chi connectivity index (χ0) is 14.7. The zero-order valence-electron chi connectivity index (χ0n) is 11.7. The van der Waals surface area contributed by atoms with E-state index in [4.69, 9.17) is 9.47 Å². The van der Waals surface area contributed by atoms with Crippen molar-refractivity contribution in [2.45, 2.75) is 6.54 Å². The van der Waals surface area contributed by atoms with Crippen molar-refractivity contribution >= 4 is 17.3 Å². The third kappa shape index (κ3) is 3.08. The molecule has 0 saturated heterocycles. The minimum Gasteiger partial charge on any atom is -0.497 e. The Morgan fingerprint density at radius 3 is 2.81 bits per heavy atom. The number of hydrogen-bond donors (Lipinski definition) is 2. The Morgan fingerprint density at radius 1 is 1.24 bits per heavy atom. The Kier molecular flexibility index (Phi) is 3.64. The van der Waals surface area contributed by atoms with Gasteiger partial charge < -0.3 is 20.1 Å². The Morgan fingerprint density at radius 2 is 2.05 bits per heavy atom. The third-order valence-electron chi connectivity index (χ3n) is 3.26. The van der Waals surface area contributed by atoms with Gasteiger partial charge in [-0.3, -0.25) is 4.79 Å². The predicted molar refractivity (Wildman–Crippen MR) is 80.9 cm³/mol. The van der Waals surface area contributed by atoms with Gasteiger partial charge in [0.05, 0.1) is 12.8 Å². The summed E-state index contributed by atoms with van der Waals surface area (Å²) in [5.74, 6) is 1.42. The van der Waals surface area contributed by atoms with Crippen LogP contribution in [0.25, 0.3) is 0 Å². The van der Waals surface area contributed by atoms with E-state index in [2.05, 4.69) is 10.6 Å². The van der Waals surface area contributed by atoms with Crippen molar-refractivity contribution in [1.29, 1.82) is 0 Å². The van der Waals surface area contributed by atoms with Gasteiger partial charge in [0.1, 0.15) is 11.5 Å². The van der Waals surface area contributed by atoms with Gasteiger partial charge in [-0.15, -0.1) is 0 Å². The first-order chi connectivity index (χ1) is 10.2. The van der Waals surface area contributed by atoms with Crippen molar-refractivity contribution in [2.24, 2.45) is 0 Å². The number of rotatable bonds is 4. The van der Waals surface area contributed by atoms with E-state index in [1.807, 2.05) is 42.5 Å². The largest absolute Gasteiger partial charge is 0.497 e. The molecule has 0 unspecified atom stereocenters. The summed E-state index contributed by atoms with van der Waals surface area (Å²) in [7, 11) is 1.64. The van der Waals surface area contributed by atoms with Gasteiger partial charge in [0.2, 0.25) is 0 Å². The van der Waals surface area contributed by atoms with E-state index in [0.29, 0.717) is 12.3 Å². The second-order valence-electron chi connectivity index (χ2n) is 4.75. The molecule has 108 valence electrons. The molecule has 3 rings (SSSR count). The highest BCUT2D eigenvalue weighted by atomic mass is 16.5. The lowest BCUT2D eigenvalue weighted by Gasteiger charge is -2.18. The normalized spacial score (nSPS) is 12.9. The first-order valence-electron chi connectivity index (χ1n) is 6.68. The molecule has 1 amide bonds. The van der Waals surface area contributed by atoms with E-state index in [1.54, 1.807) is 7.11 Å². The van der Waals surface area contributed by atoms with Gasteiger partial charge in [-0.2, -0.15) is 0 Å². The molecule has 1 heterocycles. The molecule has 5 nitrogen and oxygen atoms in total. The predicted octanol–water partition coefficient (Wildman–Crippen LogP) is 2.64. The van der Waals surface area contributed by atoms with Crippen LogP contribution < -0.4 is 20.1 Å². The van der Waals surface area contributed by atoms with Crippen LogP contribution in [0, 0.1) is 0 Å². The van der Waals surface area contributed by atoms with E-state index in [0.717, 1.165) is 22.7 Å². The average Bonchev–Trinajstić information content (AvgIpc) is 2.53. The lowest BCUT2D eigenvalue weighted by molar-refractivity contribution is -0.118. The molecule has 1 aliphatic heterocycles. The van der Waals surface area contributed by atoms with Crippen LogP contribution in [0.2, 0.25) is 0 Å². The molecule has 21 heavy (non-hydrogen) atoms. The maximum Gasteiger partial charge on any atom is 0.262 e. The Labute approximate surface area is 122 Å². The number of benzene rings is 2. The van der Waals surface area contributed by atoms with E-state index >= 15 is 0 Å². The summed E-state index contributed by atoms with van der Waals surface area (Å²) in [5.41, 5.74) is 2.80. The minimum atomic E-state index is -0.122. The third-order valence-corrected chi connectivity index (χ3v) is 3.26. The van der Waals surface area contributed by atoms with Crippen molar-refractivity contribution in [1.82, 2.24) is 0 Å². The molecule has 0 spiro atoms. The second-order valence-corrected chi connectivity index (χ2v) is 4.75. The molecular weight excluding hydrogens is 268 g/mol. The lowest BCUT2D eigenvalue weighted by atomic mass is 10.1. The molecule has 0 saturated carbocycles. The molecular formula is C16H16N2O3. The van der Waals surface area contributed by atoms with Crippen LogP contribution in [0.1, 0.15) is 5.56 Å². The molecule has 5 heteroatoms.